The lowest BCUT2D eigenvalue weighted by Gasteiger charge is -2.40. The normalized spacial score (nSPS) is 16.1. The summed E-state index contributed by atoms with van der Waals surface area (Å²) in [5, 5.41) is 6.18. The molecular weight excluding hydrogens is 366 g/mol. The van der Waals surface area contributed by atoms with Crippen LogP contribution in [-0.2, 0) is 4.74 Å². The minimum absolute atomic E-state index is 0.135. The van der Waals surface area contributed by atoms with Crippen LogP contribution in [0.5, 0.6) is 5.75 Å². The Bertz CT molecular complexity index is 772. The van der Waals surface area contributed by atoms with Gasteiger partial charge in [-0.15, -0.1) is 0 Å². The van der Waals surface area contributed by atoms with Gasteiger partial charge in [0.1, 0.15) is 5.75 Å². The maximum Gasteiger partial charge on any atom is 0.315 e. The molecule has 0 bridgehead atoms. The van der Waals surface area contributed by atoms with Gasteiger partial charge in [-0.1, -0.05) is 42.5 Å². The van der Waals surface area contributed by atoms with Crippen LogP contribution < -0.4 is 15.4 Å². The third-order valence-electron chi connectivity index (χ3n) is 5.41. The summed E-state index contributed by atoms with van der Waals surface area (Å²) < 4.78 is 10.7. The highest BCUT2D eigenvalue weighted by Crippen LogP contribution is 2.24. The van der Waals surface area contributed by atoms with E-state index in [2.05, 4.69) is 29.4 Å². The fraction of sp³-hybridized carbons (Fsp3) is 0.435. The average Bonchev–Trinajstić information content (AvgIpc) is 2.77. The van der Waals surface area contributed by atoms with Crippen molar-refractivity contribution < 1.29 is 14.3 Å². The van der Waals surface area contributed by atoms with Gasteiger partial charge >= 0.3 is 6.03 Å². The molecule has 1 fully saturated rings. The molecule has 29 heavy (non-hydrogen) atoms. The predicted molar refractivity (Wildman–Crippen MR) is 114 cm³/mol. The van der Waals surface area contributed by atoms with Crippen LogP contribution in [0.25, 0.3) is 0 Å². The molecule has 1 saturated heterocycles. The Kier molecular flexibility index (Phi) is 7.12. The molecule has 2 N–H and O–H groups in total. The lowest BCUT2D eigenvalue weighted by atomic mass is 9.98. The number of morpholine rings is 1. The maximum absolute atomic E-state index is 12.8. The summed E-state index contributed by atoms with van der Waals surface area (Å²) >= 11 is 0. The van der Waals surface area contributed by atoms with Crippen molar-refractivity contribution in [3.05, 3.63) is 65.7 Å². The molecule has 1 aliphatic heterocycles. The van der Waals surface area contributed by atoms with Crippen LogP contribution in [0.4, 0.5) is 4.79 Å². The van der Waals surface area contributed by atoms with E-state index in [4.69, 9.17) is 9.47 Å². The van der Waals surface area contributed by atoms with E-state index < -0.39 is 0 Å². The first kappa shape index (κ1) is 21.1. The van der Waals surface area contributed by atoms with Crippen LogP contribution in [0.15, 0.2) is 54.6 Å². The minimum Gasteiger partial charge on any atom is -0.497 e. The first-order valence-electron chi connectivity index (χ1n) is 10.1. The number of methoxy groups -OCH3 is 1. The lowest BCUT2D eigenvalue weighted by molar-refractivity contribution is -0.00875. The number of carbonyl (C=O) groups excluding carboxylic acids is 1. The average molecular weight is 398 g/mol. The van der Waals surface area contributed by atoms with Crippen molar-refractivity contribution in [2.24, 2.45) is 0 Å². The molecule has 6 heteroatoms. The molecule has 0 aromatic heterocycles. The van der Waals surface area contributed by atoms with Gasteiger partial charge in [-0.05, 0) is 37.1 Å². The van der Waals surface area contributed by atoms with Gasteiger partial charge in [0.25, 0.3) is 0 Å². The maximum atomic E-state index is 12.8. The molecule has 3 rings (SSSR count). The quantitative estimate of drug-likeness (QED) is 0.753. The summed E-state index contributed by atoms with van der Waals surface area (Å²) in [6.45, 7) is 8.10. The van der Waals surface area contributed by atoms with E-state index in [1.54, 1.807) is 7.11 Å². The SMILES string of the molecule is COc1ccc([C@H](NC(=O)NCC(C)(C)N2CCOCC2)c2ccccc2)cc1. The number of nitrogens with zero attached hydrogens (tertiary/aromatic N) is 1. The van der Waals surface area contributed by atoms with E-state index in [1.165, 1.54) is 0 Å². The summed E-state index contributed by atoms with van der Waals surface area (Å²) in [7, 11) is 1.64. The first-order chi connectivity index (χ1) is 14.0. The van der Waals surface area contributed by atoms with Crippen molar-refractivity contribution in [2.45, 2.75) is 25.4 Å². The van der Waals surface area contributed by atoms with Crippen LogP contribution >= 0.6 is 0 Å². The monoisotopic (exact) mass is 397 g/mol. The van der Waals surface area contributed by atoms with E-state index in [9.17, 15) is 4.79 Å². The van der Waals surface area contributed by atoms with Crippen molar-refractivity contribution in [2.75, 3.05) is 40.0 Å². The molecular formula is C23H31N3O3. The van der Waals surface area contributed by atoms with Gasteiger partial charge in [0, 0.05) is 25.2 Å². The van der Waals surface area contributed by atoms with Gasteiger partial charge in [-0.3, -0.25) is 4.90 Å². The van der Waals surface area contributed by atoms with Gasteiger partial charge < -0.3 is 20.1 Å². The van der Waals surface area contributed by atoms with Crippen molar-refractivity contribution >= 4 is 6.03 Å². The molecule has 1 atom stereocenters. The highest BCUT2D eigenvalue weighted by Gasteiger charge is 2.29. The second kappa shape index (κ2) is 9.76. The molecule has 0 radical (unpaired) electrons. The van der Waals surface area contributed by atoms with Gasteiger partial charge in [-0.25, -0.2) is 4.79 Å². The molecule has 2 aromatic carbocycles. The van der Waals surface area contributed by atoms with Crippen molar-refractivity contribution in [1.82, 2.24) is 15.5 Å². The highest BCUT2D eigenvalue weighted by molar-refractivity contribution is 5.75. The standard InChI is InChI=1S/C23H31N3O3/c1-23(2,26-13-15-29-16-14-26)17-24-22(27)25-21(18-7-5-4-6-8-18)19-9-11-20(28-3)12-10-19/h4-12,21H,13-17H2,1-3H3,(H2,24,25,27)/t21-/m1/s1. The second-order valence-corrected chi connectivity index (χ2v) is 7.86. The number of hydrogen-bond acceptors (Lipinski definition) is 4. The van der Waals surface area contributed by atoms with Gasteiger partial charge in [0.05, 0.1) is 26.4 Å². The van der Waals surface area contributed by atoms with Crippen molar-refractivity contribution in [1.29, 1.82) is 0 Å². The minimum atomic E-state index is -0.242. The summed E-state index contributed by atoms with van der Waals surface area (Å²) in [6, 6.07) is 17.3. The fourth-order valence-corrected chi connectivity index (χ4v) is 3.56. The number of benzene rings is 2. The highest BCUT2D eigenvalue weighted by atomic mass is 16.5. The van der Waals surface area contributed by atoms with Crippen LogP contribution in [0.2, 0.25) is 0 Å². The van der Waals surface area contributed by atoms with Gasteiger partial charge in [0.15, 0.2) is 0 Å². The number of hydrogen-bond donors (Lipinski definition) is 2. The van der Waals surface area contributed by atoms with E-state index >= 15 is 0 Å². The Morgan fingerprint density at radius 3 is 2.31 bits per heavy atom. The van der Waals surface area contributed by atoms with E-state index in [0.717, 1.165) is 43.2 Å². The van der Waals surface area contributed by atoms with Crippen LogP contribution in [-0.4, -0.2) is 56.4 Å². The number of carbonyl (C=O) groups is 1. The Morgan fingerprint density at radius 1 is 1.07 bits per heavy atom. The largest absolute Gasteiger partial charge is 0.497 e. The predicted octanol–water partition coefficient (Wildman–Crippen LogP) is 3.19. The Morgan fingerprint density at radius 2 is 1.69 bits per heavy atom. The molecule has 0 spiro atoms. The zero-order valence-electron chi connectivity index (χ0n) is 17.5. The van der Waals surface area contributed by atoms with Crippen molar-refractivity contribution in [3.63, 3.8) is 0 Å². The summed E-state index contributed by atoms with van der Waals surface area (Å²) in [5.74, 6) is 0.789. The molecule has 6 nitrogen and oxygen atoms in total. The van der Waals surface area contributed by atoms with Crippen molar-refractivity contribution in [3.8, 4) is 5.75 Å². The molecule has 2 aromatic rings. The Hall–Kier alpha value is -2.57. The van der Waals surface area contributed by atoms with E-state index in [-0.39, 0.29) is 17.6 Å². The molecule has 0 unspecified atom stereocenters. The summed E-state index contributed by atoms with van der Waals surface area (Å²) in [4.78, 5) is 15.1. The Labute approximate surface area is 173 Å². The lowest BCUT2D eigenvalue weighted by Crippen LogP contribution is -2.56. The Balaban J connectivity index is 1.67. The first-order valence-corrected chi connectivity index (χ1v) is 10.1. The van der Waals surface area contributed by atoms with E-state index in [1.807, 2.05) is 54.6 Å². The van der Waals surface area contributed by atoms with Crippen LogP contribution in [0.1, 0.15) is 31.0 Å². The topological polar surface area (TPSA) is 62.8 Å². The molecule has 1 heterocycles. The third kappa shape index (κ3) is 5.71. The van der Waals surface area contributed by atoms with Gasteiger partial charge in [-0.2, -0.15) is 0 Å². The van der Waals surface area contributed by atoms with Gasteiger partial charge in [0.2, 0.25) is 0 Å². The zero-order chi connectivity index (χ0) is 20.7. The smallest absolute Gasteiger partial charge is 0.315 e. The molecule has 156 valence electrons. The van der Waals surface area contributed by atoms with Crippen LogP contribution in [0.3, 0.4) is 0 Å². The molecule has 1 aliphatic rings. The molecule has 0 saturated carbocycles. The summed E-state index contributed by atoms with van der Waals surface area (Å²) in [6.07, 6.45) is 0. The van der Waals surface area contributed by atoms with Crippen LogP contribution in [0, 0.1) is 0 Å². The number of amides is 2. The summed E-state index contributed by atoms with van der Waals surface area (Å²) in [5.41, 5.74) is 1.89. The number of urea groups is 1. The molecule has 2 amide bonds. The molecule has 0 aliphatic carbocycles. The zero-order valence-corrected chi connectivity index (χ0v) is 17.5. The van der Waals surface area contributed by atoms with E-state index in [0.29, 0.717) is 6.54 Å². The number of nitrogens with one attached hydrogen (secondary N) is 2. The number of rotatable bonds is 7. The second-order valence-electron chi connectivity index (χ2n) is 7.86. The fourth-order valence-electron chi connectivity index (χ4n) is 3.56. The third-order valence-corrected chi connectivity index (χ3v) is 5.41. The number of ether oxygens (including phenoxy) is 2.